The van der Waals surface area contributed by atoms with Crippen LogP contribution in [-0.4, -0.2) is 23.5 Å². The van der Waals surface area contributed by atoms with Gasteiger partial charge in [-0.05, 0) is 69.2 Å². The van der Waals surface area contributed by atoms with E-state index in [9.17, 15) is 14.0 Å². The number of esters is 1. The molecule has 7 heteroatoms. The van der Waals surface area contributed by atoms with Gasteiger partial charge in [0.25, 0.3) is 5.91 Å². The van der Waals surface area contributed by atoms with Crippen LogP contribution in [0.4, 0.5) is 10.1 Å². The van der Waals surface area contributed by atoms with E-state index >= 15 is 0 Å². The van der Waals surface area contributed by atoms with E-state index in [1.165, 1.54) is 36.4 Å². The number of rotatable bonds is 6. The van der Waals surface area contributed by atoms with Crippen molar-refractivity contribution in [3.8, 4) is 11.5 Å². The van der Waals surface area contributed by atoms with E-state index in [4.69, 9.17) is 15.2 Å². The number of ether oxygens (including phenoxy) is 2. The first-order chi connectivity index (χ1) is 13.5. The van der Waals surface area contributed by atoms with Gasteiger partial charge >= 0.3 is 5.97 Å². The summed E-state index contributed by atoms with van der Waals surface area (Å²) in [6, 6.07) is 9.27. The Kier molecular flexibility index (Phi) is 6.84. The predicted octanol–water partition coefficient (Wildman–Crippen LogP) is 4.30. The molecule has 0 unspecified atom stereocenters. The summed E-state index contributed by atoms with van der Waals surface area (Å²) in [7, 11) is 0. The molecular formula is C22H27FN2O4. The van der Waals surface area contributed by atoms with Gasteiger partial charge < -0.3 is 20.5 Å². The zero-order chi connectivity index (χ0) is 21.8. The van der Waals surface area contributed by atoms with Crippen LogP contribution in [0.3, 0.4) is 0 Å². The number of anilines is 1. The monoisotopic (exact) mass is 402 g/mol. The fraction of sp³-hybridized carbons (Fsp3) is 0.364. The van der Waals surface area contributed by atoms with Gasteiger partial charge in [0, 0.05) is 5.69 Å². The zero-order valence-corrected chi connectivity index (χ0v) is 17.3. The highest BCUT2D eigenvalue weighted by atomic mass is 19.1. The molecule has 29 heavy (non-hydrogen) atoms. The van der Waals surface area contributed by atoms with E-state index in [2.05, 4.69) is 5.32 Å². The van der Waals surface area contributed by atoms with Crippen LogP contribution in [0.2, 0.25) is 0 Å². The second kappa shape index (κ2) is 8.94. The Hall–Kier alpha value is -3.09. The largest absolute Gasteiger partial charge is 0.458 e. The molecule has 0 radical (unpaired) electrons. The Labute approximate surface area is 170 Å². The lowest BCUT2D eigenvalue weighted by atomic mass is 10.0. The Morgan fingerprint density at radius 2 is 1.62 bits per heavy atom. The summed E-state index contributed by atoms with van der Waals surface area (Å²) in [6.07, 6.45) is 0. The molecule has 0 aliphatic carbocycles. The molecular weight excluding hydrogens is 375 g/mol. The van der Waals surface area contributed by atoms with Crippen LogP contribution in [0.1, 0.15) is 45.0 Å². The van der Waals surface area contributed by atoms with Crippen molar-refractivity contribution in [2.75, 3.05) is 5.73 Å². The maximum absolute atomic E-state index is 13.0. The lowest BCUT2D eigenvalue weighted by Crippen LogP contribution is -2.47. The fourth-order valence-electron chi connectivity index (χ4n) is 2.52. The van der Waals surface area contributed by atoms with Gasteiger partial charge in [-0.1, -0.05) is 13.8 Å². The highest BCUT2D eigenvalue weighted by Gasteiger charge is 2.30. The highest BCUT2D eigenvalue weighted by Crippen LogP contribution is 2.26. The summed E-state index contributed by atoms with van der Waals surface area (Å²) in [6.45, 7) is 8.91. The van der Waals surface area contributed by atoms with Crippen molar-refractivity contribution in [3.05, 3.63) is 53.8 Å². The second-order valence-corrected chi connectivity index (χ2v) is 8.03. The molecule has 0 bridgehead atoms. The van der Waals surface area contributed by atoms with Crippen molar-refractivity contribution in [2.45, 2.75) is 46.3 Å². The van der Waals surface area contributed by atoms with Gasteiger partial charge in [0.1, 0.15) is 29.0 Å². The number of benzene rings is 2. The van der Waals surface area contributed by atoms with Crippen LogP contribution in [0.5, 0.6) is 11.5 Å². The summed E-state index contributed by atoms with van der Waals surface area (Å²) >= 11 is 0. The standard InChI is InChI=1S/C22H27FN2O4/c1-13(2)19(21(27)29-22(3,4)5)25-20(26)17-12-16(10-11-18(17)24)28-15-8-6-14(23)7-9-15/h6-13,19H,24H2,1-5H3,(H,25,26)/t19-/m1/s1. The van der Waals surface area contributed by atoms with Crippen LogP contribution in [0.25, 0.3) is 0 Å². The summed E-state index contributed by atoms with van der Waals surface area (Å²) in [5.41, 5.74) is 5.68. The summed E-state index contributed by atoms with van der Waals surface area (Å²) in [5, 5.41) is 2.70. The Bertz CT molecular complexity index is 873. The van der Waals surface area contributed by atoms with Crippen LogP contribution < -0.4 is 15.8 Å². The van der Waals surface area contributed by atoms with Crippen molar-refractivity contribution >= 4 is 17.6 Å². The molecule has 1 amide bonds. The third-order valence-corrected chi connectivity index (χ3v) is 3.93. The number of nitrogens with two attached hydrogens (primary N) is 1. The predicted molar refractivity (Wildman–Crippen MR) is 109 cm³/mol. The normalized spacial score (nSPS) is 12.4. The number of carbonyl (C=O) groups excluding carboxylic acids is 2. The molecule has 3 N–H and O–H groups in total. The van der Waals surface area contributed by atoms with E-state index in [0.29, 0.717) is 11.5 Å². The van der Waals surface area contributed by atoms with Gasteiger partial charge in [-0.25, -0.2) is 9.18 Å². The smallest absolute Gasteiger partial charge is 0.329 e. The summed E-state index contributed by atoms with van der Waals surface area (Å²) in [4.78, 5) is 25.3. The first-order valence-corrected chi connectivity index (χ1v) is 9.33. The molecule has 1 atom stereocenters. The lowest BCUT2D eigenvalue weighted by molar-refractivity contribution is -0.158. The average molecular weight is 402 g/mol. The van der Waals surface area contributed by atoms with Crippen LogP contribution in [0, 0.1) is 11.7 Å². The molecule has 0 heterocycles. The molecule has 0 spiro atoms. The third-order valence-electron chi connectivity index (χ3n) is 3.93. The number of amides is 1. The molecule has 156 valence electrons. The number of hydrogen-bond donors (Lipinski definition) is 2. The Morgan fingerprint density at radius 3 is 2.17 bits per heavy atom. The fourth-order valence-corrected chi connectivity index (χ4v) is 2.52. The maximum Gasteiger partial charge on any atom is 0.329 e. The maximum atomic E-state index is 13.0. The number of carbonyl (C=O) groups is 2. The molecule has 0 aliphatic rings. The number of halogens is 1. The molecule has 0 aliphatic heterocycles. The van der Waals surface area contributed by atoms with Crippen LogP contribution in [0.15, 0.2) is 42.5 Å². The zero-order valence-electron chi connectivity index (χ0n) is 17.3. The summed E-state index contributed by atoms with van der Waals surface area (Å²) in [5.74, 6) is -0.828. The number of hydrogen-bond acceptors (Lipinski definition) is 5. The molecule has 0 saturated heterocycles. The quantitative estimate of drug-likeness (QED) is 0.555. The second-order valence-electron chi connectivity index (χ2n) is 8.03. The minimum atomic E-state index is -0.831. The summed E-state index contributed by atoms with van der Waals surface area (Å²) < 4.78 is 24.1. The molecule has 2 rings (SSSR count). The molecule has 0 saturated carbocycles. The topological polar surface area (TPSA) is 90.6 Å². The third kappa shape index (κ3) is 6.48. The average Bonchev–Trinajstić information content (AvgIpc) is 2.61. The van der Waals surface area contributed by atoms with E-state index in [-0.39, 0.29) is 23.0 Å². The van der Waals surface area contributed by atoms with Crippen molar-refractivity contribution in [1.29, 1.82) is 0 Å². The molecule has 2 aromatic carbocycles. The molecule has 0 fully saturated rings. The van der Waals surface area contributed by atoms with Gasteiger partial charge in [-0.15, -0.1) is 0 Å². The first kappa shape index (κ1) is 22.2. The van der Waals surface area contributed by atoms with Crippen LogP contribution >= 0.6 is 0 Å². The van der Waals surface area contributed by atoms with E-state index in [0.717, 1.165) is 0 Å². The number of nitrogen functional groups attached to an aromatic ring is 1. The molecule has 6 nitrogen and oxygen atoms in total. The van der Waals surface area contributed by atoms with E-state index in [1.807, 2.05) is 13.8 Å². The van der Waals surface area contributed by atoms with Crippen LogP contribution in [-0.2, 0) is 9.53 Å². The lowest BCUT2D eigenvalue weighted by Gasteiger charge is -2.26. The van der Waals surface area contributed by atoms with Gasteiger partial charge in [-0.3, -0.25) is 4.79 Å². The van der Waals surface area contributed by atoms with Gasteiger partial charge in [0.05, 0.1) is 5.56 Å². The van der Waals surface area contributed by atoms with Gasteiger partial charge in [0.15, 0.2) is 0 Å². The van der Waals surface area contributed by atoms with E-state index < -0.39 is 23.5 Å². The molecule has 2 aromatic rings. The minimum Gasteiger partial charge on any atom is -0.458 e. The van der Waals surface area contributed by atoms with Crippen molar-refractivity contribution < 1.29 is 23.5 Å². The highest BCUT2D eigenvalue weighted by molar-refractivity contribution is 6.01. The Morgan fingerprint density at radius 1 is 1.03 bits per heavy atom. The van der Waals surface area contributed by atoms with Crippen molar-refractivity contribution in [2.24, 2.45) is 5.92 Å². The van der Waals surface area contributed by atoms with Crippen molar-refractivity contribution in [3.63, 3.8) is 0 Å². The SMILES string of the molecule is CC(C)[C@@H](NC(=O)c1cc(Oc2ccc(F)cc2)ccc1N)C(=O)OC(C)(C)C. The molecule has 0 aromatic heterocycles. The van der Waals surface area contributed by atoms with Crippen molar-refractivity contribution in [1.82, 2.24) is 5.32 Å². The minimum absolute atomic E-state index is 0.166. The Balaban J connectivity index is 2.20. The number of nitrogens with one attached hydrogen (secondary N) is 1. The van der Waals surface area contributed by atoms with E-state index in [1.54, 1.807) is 26.8 Å². The van der Waals surface area contributed by atoms with Gasteiger partial charge in [-0.2, -0.15) is 0 Å². The first-order valence-electron chi connectivity index (χ1n) is 9.33. The van der Waals surface area contributed by atoms with Gasteiger partial charge in [0.2, 0.25) is 0 Å².